The number of pyridine rings is 2. The third-order valence-electron chi connectivity index (χ3n) is 5.48. The number of aryl methyl sites for hydroxylation is 1. The quantitative estimate of drug-likeness (QED) is 0.524. The van der Waals surface area contributed by atoms with E-state index >= 15 is 0 Å². The van der Waals surface area contributed by atoms with Crippen LogP contribution in [0.2, 0.25) is 0 Å². The van der Waals surface area contributed by atoms with E-state index < -0.39 is 23.5 Å². The summed E-state index contributed by atoms with van der Waals surface area (Å²) in [6, 6.07) is 5.57. The zero-order valence-electron chi connectivity index (χ0n) is 18.1. The van der Waals surface area contributed by atoms with Crippen molar-refractivity contribution in [1.29, 1.82) is 0 Å². The van der Waals surface area contributed by atoms with E-state index in [1.165, 1.54) is 12.3 Å². The van der Waals surface area contributed by atoms with Crippen LogP contribution in [0.4, 0.5) is 23.8 Å². The molecule has 0 saturated heterocycles. The summed E-state index contributed by atoms with van der Waals surface area (Å²) in [6.07, 6.45) is 1.45. The molecule has 1 saturated carbocycles. The number of urea groups is 1. The number of carbonyl (C=O) groups excluding carboxylic acids is 2. The van der Waals surface area contributed by atoms with Crippen LogP contribution >= 0.6 is 0 Å². The molecule has 1 aliphatic rings. The maximum Gasteiger partial charge on any atom is 0.394 e. The molecule has 3 aromatic rings. The number of nitrogens with one attached hydrogen (secondary N) is 2. The van der Waals surface area contributed by atoms with E-state index in [2.05, 4.69) is 20.4 Å². The van der Waals surface area contributed by atoms with Gasteiger partial charge in [-0.15, -0.1) is 0 Å². The Kier molecular flexibility index (Phi) is 6.22. The second-order valence-electron chi connectivity index (χ2n) is 8.04. The molecule has 2 N–H and O–H groups in total. The first-order valence-electron chi connectivity index (χ1n) is 10.4. The maximum atomic E-state index is 12.9. The van der Waals surface area contributed by atoms with Gasteiger partial charge < -0.3 is 4.74 Å². The zero-order valence-corrected chi connectivity index (χ0v) is 18.1. The van der Waals surface area contributed by atoms with Gasteiger partial charge in [-0.05, 0) is 37.5 Å². The number of amides is 3. The van der Waals surface area contributed by atoms with Crippen molar-refractivity contribution in [3.05, 3.63) is 49.1 Å². The van der Waals surface area contributed by atoms with Gasteiger partial charge in [0.1, 0.15) is 17.3 Å². The average Bonchev–Trinajstić information content (AvgIpc) is 3.47. The highest BCUT2D eigenvalue weighted by atomic mass is 19.4. The molecule has 0 radical (unpaired) electrons. The topological polar surface area (TPSA) is 111 Å². The molecule has 0 spiro atoms. The maximum absolute atomic E-state index is 12.9. The summed E-state index contributed by atoms with van der Waals surface area (Å²) in [4.78, 5) is 32.1. The molecular formula is C22H21F3N6O3. The van der Waals surface area contributed by atoms with Crippen LogP contribution in [0.15, 0.2) is 49.1 Å². The lowest BCUT2D eigenvalue weighted by atomic mass is 9.99. The minimum absolute atomic E-state index is 0.0125. The molecule has 0 atom stereocenters. The van der Waals surface area contributed by atoms with Crippen LogP contribution < -0.4 is 15.4 Å². The van der Waals surface area contributed by atoms with Gasteiger partial charge in [0, 0.05) is 37.5 Å². The number of halogens is 3. The number of hydrogen-bond donors (Lipinski definition) is 2. The minimum atomic E-state index is -4.33. The summed E-state index contributed by atoms with van der Waals surface area (Å²) >= 11 is 0. The van der Waals surface area contributed by atoms with Crippen LogP contribution in [0.5, 0.6) is 11.5 Å². The van der Waals surface area contributed by atoms with Gasteiger partial charge in [0.2, 0.25) is 5.91 Å². The predicted molar refractivity (Wildman–Crippen MR) is 115 cm³/mol. The number of ether oxygens (including phenoxy) is 1. The van der Waals surface area contributed by atoms with E-state index in [0.717, 1.165) is 5.56 Å². The minimum Gasteiger partial charge on any atom is -0.456 e. The smallest absolute Gasteiger partial charge is 0.394 e. The molecule has 9 nitrogen and oxygen atoms in total. The van der Waals surface area contributed by atoms with E-state index in [1.807, 2.05) is 11.5 Å². The van der Waals surface area contributed by atoms with Crippen molar-refractivity contribution >= 4 is 17.8 Å². The highest BCUT2D eigenvalue weighted by Crippen LogP contribution is 2.60. The Morgan fingerprint density at radius 2 is 1.94 bits per heavy atom. The standard InChI is InChI=1S/C22H21F3N6O3/c1-31-13-14(11-28-31)17-10-15(5-9-26-17)34-16-2-3-18(27-12-16)29-20(33)30-19(32)4-6-21(7-8-21)22(23,24)25/h2-3,5,9-13H,4,6-8H2,1H3,(H2,27,29,30,32,33). The summed E-state index contributed by atoms with van der Waals surface area (Å²) in [5, 5.41) is 8.49. The molecule has 178 valence electrons. The fourth-order valence-electron chi connectivity index (χ4n) is 3.35. The van der Waals surface area contributed by atoms with E-state index in [4.69, 9.17) is 4.74 Å². The number of aromatic nitrogens is 4. The van der Waals surface area contributed by atoms with Gasteiger partial charge in [0.15, 0.2) is 0 Å². The van der Waals surface area contributed by atoms with Gasteiger partial charge in [0.25, 0.3) is 0 Å². The van der Waals surface area contributed by atoms with E-state index in [9.17, 15) is 22.8 Å². The summed E-state index contributed by atoms with van der Waals surface area (Å²) in [7, 11) is 1.80. The number of imide groups is 1. The summed E-state index contributed by atoms with van der Waals surface area (Å²) in [5.41, 5.74) is -0.274. The molecule has 4 rings (SSSR count). The van der Waals surface area contributed by atoms with Crippen molar-refractivity contribution in [2.45, 2.75) is 31.9 Å². The first kappa shape index (κ1) is 23.2. The molecule has 12 heteroatoms. The molecule has 0 bridgehead atoms. The van der Waals surface area contributed by atoms with Gasteiger partial charge in [-0.25, -0.2) is 9.78 Å². The first-order valence-corrected chi connectivity index (χ1v) is 10.4. The van der Waals surface area contributed by atoms with Gasteiger partial charge >= 0.3 is 12.2 Å². The molecule has 3 aromatic heterocycles. The largest absolute Gasteiger partial charge is 0.456 e. The lowest BCUT2D eigenvalue weighted by Gasteiger charge is -2.18. The van der Waals surface area contributed by atoms with Crippen LogP contribution in [-0.4, -0.2) is 37.9 Å². The Morgan fingerprint density at radius 3 is 2.56 bits per heavy atom. The number of nitrogens with zero attached hydrogens (tertiary/aromatic N) is 4. The monoisotopic (exact) mass is 474 g/mol. The van der Waals surface area contributed by atoms with Crippen molar-refractivity contribution in [3.8, 4) is 22.8 Å². The van der Waals surface area contributed by atoms with Crippen LogP contribution in [0, 0.1) is 5.41 Å². The Balaban J connectivity index is 1.27. The normalized spacial score (nSPS) is 14.4. The van der Waals surface area contributed by atoms with Gasteiger partial charge in [0.05, 0.1) is 23.5 Å². The fraction of sp³-hybridized carbons (Fsp3) is 0.318. The van der Waals surface area contributed by atoms with Gasteiger partial charge in [-0.1, -0.05) is 0 Å². The highest BCUT2D eigenvalue weighted by Gasteiger charge is 2.62. The molecule has 3 heterocycles. The Morgan fingerprint density at radius 1 is 1.15 bits per heavy atom. The van der Waals surface area contributed by atoms with Gasteiger partial charge in [-0.3, -0.25) is 25.1 Å². The SMILES string of the molecule is Cn1cc(-c2cc(Oc3ccc(NC(=O)NC(=O)CCC4(C(F)(F)F)CC4)nc3)ccn2)cn1. The highest BCUT2D eigenvalue weighted by molar-refractivity contribution is 6.00. The average molecular weight is 474 g/mol. The van der Waals surface area contributed by atoms with Crippen molar-refractivity contribution in [3.63, 3.8) is 0 Å². The summed E-state index contributed by atoms with van der Waals surface area (Å²) in [5.74, 6) is 0.270. The summed E-state index contributed by atoms with van der Waals surface area (Å²) in [6.45, 7) is 0. The number of carbonyl (C=O) groups is 2. The Bertz CT molecular complexity index is 1190. The van der Waals surface area contributed by atoms with Crippen LogP contribution in [-0.2, 0) is 11.8 Å². The number of anilines is 1. The molecule has 0 aliphatic heterocycles. The van der Waals surface area contributed by atoms with Gasteiger partial charge in [-0.2, -0.15) is 18.3 Å². The van der Waals surface area contributed by atoms with Crippen molar-refractivity contribution in [2.75, 3.05) is 5.32 Å². The lowest BCUT2D eigenvalue weighted by Crippen LogP contribution is -2.35. The van der Waals surface area contributed by atoms with E-state index in [-0.39, 0.29) is 31.5 Å². The third kappa shape index (κ3) is 5.50. The second-order valence-corrected chi connectivity index (χ2v) is 8.04. The fourth-order valence-corrected chi connectivity index (χ4v) is 3.35. The molecule has 1 aliphatic carbocycles. The summed E-state index contributed by atoms with van der Waals surface area (Å²) < 4.78 is 46.2. The van der Waals surface area contributed by atoms with Crippen molar-refractivity contribution in [2.24, 2.45) is 12.5 Å². The second kappa shape index (κ2) is 9.12. The molecule has 3 amide bonds. The first-order chi connectivity index (χ1) is 16.1. The third-order valence-corrected chi connectivity index (χ3v) is 5.48. The molecule has 0 aromatic carbocycles. The van der Waals surface area contributed by atoms with Crippen LogP contribution in [0.3, 0.4) is 0 Å². The Labute approximate surface area is 192 Å². The number of alkyl halides is 3. The van der Waals surface area contributed by atoms with Crippen molar-refractivity contribution < 1.29 is 27.5 Å². The van der Waals surface area contributed by atoms with Crippen LogP contribution in [0.25, 0.3) is 11.3 Å². The predicted octanol–water partition coefficient (Wildman–Crippen LogP) is 4.44. The molecular weight excluding hydrogens is 453 g/mol. The Hall–Kier alpha value is -3.96. The van der Waals surface area contributed by atoms with Crippen molar-refractivity contribution in [1.82, 2.24) is 25.1 Å². The van der Waals surface area contributed by atoms with E-state index in [0.29, 0.717) is 17.2 Å². The lowest BCUT2D eigenvalue weighted by molar-refractivity contribution is -0.189. The van der Waals surface area contributed by atoms with Crippen LogP contribution in [0.1, 0.15) is 25.7 Å². The number of rotatable bonds is 7. The molecule has 0 unspecified atom stereocenters. The molecule has 1 fully saturated rings. The number of hydrogen-bond acceptors (Lipinski definition) is 6. The molecule has 34 heavy (non-hydrogen) atoms. The zero-order chi connectivity index (χ0) is 24.3. The van der Waals surface area contributed by atoms with E-state index in [1.54, 1.807) is 42.3 Å².